The van der Waals surface area contributed by atoms with E-state index in [4.69, 9.17) is 0 Å². The fourth-order valence-corrected chi connectivity index (χ4v) is 3.47. The first-order valence-electron chi connectivity index (χ1n) is 8.51. The zero-order valence-electron chi connectivity index (χ0n) is 15.3. The van der Waals surface area contributed by atoms with E-state index in [-0.39, 0.29) is 17.3 Å². The van der Waals surface area contributed by atoms with E-state index in [0.29, 0.717) is 28.8 Å². The maximum atomic E-state index is 12.3. The van der Waals surface area contributed by atoms with Crippen LogP contribution in [0.1, 0.15) is 12.5 Å². The van der Waals surface area contributed by atoms with Crippen LogP contribution in [-0.4, -0.2) is 36.3 Å². The summed E-state index contributed by atoms with van der Waals surface area (Å²) in [6.45, 7) is 4.23. The number of amides is 1. The molecule has 0 unspecified atom stereocenters. The first kappa shape index (κ1) is 19.5. The molecule has 1 N–H and O–H groups in total. The van der Waals surface area contributed by atoms with Crippen LogP contribution in [0.25, 0.3) is 11.4 Å². The molecule has 0 aliphatic heterocycles. The summed E-state index contributed by atoms with van der Waals surface area (Å²) in [7, 11) is 0. The van der Waals surface area contributed by atoms with Gasteiger partial charge in [0.2, 0.25) is 5.91 Å². The summed E-state index contributed by atoms with van der Waals surface area (Å²) in [5.41, 5.74) is 1.71. The van der Waals surface area contributed by atoms with Crippen molar-refractivity contribution in [2.45, 2.75) is 25.5 Å². The maximum Gasteiger partial charge on any atom is 0.274 e. The SMILES string of the molecule is CCn1c(SCC(=O)Nc2cccc([N+](=O)[O-])c2C)nnc1-c1ccncc1. The summed E-state index contributed by atoms with van der Waals surface area (Å²) in [5, 5.41) is 22.8. The summed E-state index contributed by atoms with van der Waals surface area (Å²) in [6, 6.07) is 8.29. The standard InChI is InChI=1S/C18H18N6O3S/c1-3-23-17(13-7-9-19-10-8-13)21-22-18(23)28-11-16(25)20-14-5-4-6-15(12(14)2)24(26)27/h4-10H,3,11H2,1-2H3,(H,20,25). The van der Waals surface area contributed by atoms with Crippen molar-refractivity contribution in [2.24, 2.45) is 0 Å². The molecule has 3 aromatic rings. The van der Waals surface area contributed by atoms with Crippen molar-refractivity contribution in [3.05, 3.63) is 58.4 Å². The molecule has 2 aromatic heterocycles. The summed E-state index contributed by atoms with van der Waals surface area (Å²) in [6.07, 6.45) is 3.37. The van der Waals surface area contributed by atoms with Gasteiger partial charge in [-0.05, 0) is 32.0 Å². The van der Waals surface area contributed by atoms with Crippen molar-refractivity contribution >= 4 is 29.0 Å². The molecule has 2 heterocycles. The Morgan fingerprint density at radius 3 is 2.68 bits per heavy atom. The third kappa shape index (κ3) is 4.17. The highest BCUT2D eigenvalue weighted by molar-refractivity contribution is 7.99. The molecule has 0 aliphatic carbocycles. The van der Waals surface area contributed by atoms with Gasteiger partial charge in [0.05, 0.1) is 21.9 Å². The number of anilines is 1. The van der Waals surface area contributed by atoms with E-state index >= 15 is 0 Å². The second-order valence-electron chi connectivity index (χ2n) is 5.83. The monoisotopic (exact) mass is 398 g/mol. The molecule has 0 aliphatic rings. The summed E-state index contributed by atoms with van der Waals surface area (Å²) >= 11 is 1.26. The van der Waals surface area contributed by atoms with Crippen LogP contribution < -0.4 is 5.32 Å². The molecule has 0 radical (unpaired) electrons. The average molecular weight is 398 g/mol. The zero-order chi connectivity index (χ0) is 20.1. The van der Waals surface area contributed by atoms with Gasteiger partial charge in [0.25, 0.3) is 5.69 Å². The van der Waals surface area contributed by atoms with E-state index in [1.54, 1.807) is 31.5 Å². The van der Waals surface area contributed by atoms with Gasteiger partial charge in [-0.25, -0.2) is 0 Å². The number of nitro benzene ring substituents is 1. The molecular formula is C18H18N6O3S. The predicted molar refractivity (Wildman–Crippen MR) is 106 cm³/mol. The van der Waals surface area contributed by atoms with Gasteiger partial charge in [0.1, 0.15) is 0 Å². The van der Waals surface area contributed by atoms with Crippen LogP contribution >= 0.6 is 11.8 Å². The van der Waals surface area contributed by atoms with Crippen LogP contribution in [0, 0.1) is 17.0 Å². The first-order valence-corrected chi connectivity index (χ1v) is 9.50. The van der Waals surface area contributed by atoms with Gasteiger partial charge in [0.15, 0.2) is 11.0 Å². The largest absolute Gasteiger partial charge is 0.325 e. The quantitative estimate of drug-likeness (QED) is 0.369. The van der Waals surface area contributed by atoms with Crippen molar-refractivity contribution < 1.29 is 9.72 Å². The van der Waals surface area contributed by atoms with E-state index in [1.165, 1.54) is 17.8 Å². The molecule has 0 saturated carbocycles. The number of aromatic nitrogens is 4. The van der Waals surface area contributed by atoms with Gasteiger partial charge < -0.3 is 9.88 Å². The molecule has 0 atom stereocenters. The number of nitrogens with one attached hydrogen (secondary N) is 1. The van der Waals surface area contributed by atoms with Crippen LogP contribution in [0.3, 0.4) is 0 Å². The third-order valence-corrected chi connectivity index (χ3v) is 5.05. The highest BCUT2D eigenvalue weighted by atomic mass is 32.2. The summed E-state index contributed by atoms with van der Waals surface area (Å²) in [4.78, 5) is 26.9. The number of pyridine rings is 1. The lowest BCUT2D eigenvalue weighted by atomic mass is 10.1. The number of carbonyl (C=O) groups excluding carboxylic acids is 1. The molecule has 10 heteroatoms. The highest BCUT2D eigenvalue weighted by Crippen LogP contribution is 2.26. The van der Waals surface area contributed by atoms with Gasteiger partial charge in [-0.3, -0.25) is 19.9 Å². The number of rotatable bonds is 7. The molecule has 1 amide bonds. The van der Waals surface area contributed by atoms with Gasteiger partial charge in [-0.1, -0.05) is 17.8 Å². The molecule has 144 valence electrons. The molecule has 0 spiro atoms. The molecule has 0 saturated heterocycles. The van der Waals surface area contributed by atoms with E-state index in [0.717, 1.165) is 5.56 Å². The Balaban J connectivity index is 1.70. The van der Waals surface area contributed by atoms with Crippen LogP contribution in [0.15, 0.2) is 47.9 Å². The minimum Gasteiger partial charge on any atom is -0.325 e. The Labute approximate surface area is 165 Å². The topological polar surface area (TPSA) is 116 Å². The third-order valence-electron chi connectivity index (χ3n) is 4.08. The van der Waals surface area contributed by atoms with Crippen molar-refractivity contribution in [2.75, 3.05) is 11.1 Å². The van der Waals surface area contributed by atoms with E-state index < -0.39 is 4.92 Å². The zero-order valence-corrected chi connectivity index (χ0v) is 16.1. The van der Waals surface area contributed by atoms with Gasteiger partial charge in [0, 0.05) is 30.6 Å². The first-order chi connectivity index (χ1) is 13.5. The Bertz CT molecular complexity index is 1010. The number of benzene rings is 1. The molecule has 1 aromatic carbocycles. The van der Waals surface area contributed by atoms with Gasteiger partial charge in [-0.15, -0.1) is 10.2 Å². The summed E-state index contributed by atoms with van der Waals surface area (Å²) < 4.78 is 1.92. The van der Waals surface area contributed by atoms with Crippen molar-refractivity contribution in [3.63, 3.8) is 0 Å². The van der Waals surface area contributed by atoms with Crippen LogP contribution in [-0.2, 0) is 11.3 Å². The smallest absolute Gasteiger partial charge is 0.274 e. The van der Waals surface area contributed by atoms with Crippen molar-refractivity contribution in [1.29, 1.82) is 0 Å². The molecule has 0 fully saturated rings. The van der Waals surface area contributed by atoms with E-state index in [2.05, 4.69) is 20.5 Å². The van der Waals surface area contributed by atoms with E-state index in [1.807, 2.05) is 23.6 Å². The van der Waals surface area contributed by atoms with E-state index in [9.17, 15) is 14.9 Å². The number of thioether (sulfide) groups is 1. The number of hydrogen-bond donors (Lipinski definition) is 1. The Hall–Kier alpha value is -3.27. The lowest BCUT2D eigenvalue weighted by Gasteiger charge is -2.09. The molecule has 28 heavy (non-hydrogen) atoms. The fourth-order valence-electron chi connectivity index (χ4n) is 2.67. The molecule has 3 rings (SSSR count). The van der Waals surface area contributed by atoms with Gasteiger partial charge >= 0.3 is 0 Å². The second kappa shape index (κ2) is 8.61. The number of nitro groups is 1. The Morgan fingerprint density at radius 2 is 2.00 bits per heavy atom. The van der Waals surface area contributed by atoms with Crippen molar-refractivity contribution in [3.8, 4) is 11.4 Å². The summed E-state index contributed by atoms with van der Waals surface area (Å²) in [5.74, 6) is 0.545. The normalized spacial score (nSPS) is 10.6. The molecular weight excluding hydrogens is 380 g/mol. The predicted octanol–water partition coefficient (Wildman–Crippen LogP) is 3.31. The molecule has 0 bridgehead atoms. The van der Waals surface area contributed by atoms with Crippen LogP contribution in [0.2, 0.25) is 0 Å². The second-order valence-corrected chi connectivity index (χ2v) is 6.77. The highest BCUT2D eigenvalue weighted by Gasteiger charge is 2.17. The Kier molecular flexibility index (Phi) is 5.99. The molecule has 9 nitrogen and oxygen atoms in total. The van der Waals surface area contributed by atoms with Crippen LogP contribution in [0.5, 0.6) is 0 Å². The van der Waals surface area contributed by atoms with Crippen LogP contribution in [0.4, 0.5) is 11.4 Å². The average Bonchev–Trinajstić information content (AvgIpc) is 3.11. The van der Waals surface area contributed by atoms with Gasteiger partial charge in [-0.2, -0.15) is 0 Å². The minimum atomic E-state index is -0.468. The lowest BCUT2D eigenvalue weighted by molar-refractivity contribution is -0.385. The minimum absolute atomic E-state index is 0.0295. The fraction of sp³-hybridized carbons (Fsp3) is 0.222. The lowest BCUT2D eigenvalue weighted by Crippen LogP contribution is -2.15. The van der Waals surface area contributed by atoms with Crippen molar-refractivity contribution in [1.82, 2.24) is 19.7 Å². The number of nitrogens with zero attached hydrogens (tertiary/aromatic N) is 5. The number of carbonyl (C=O) groups is 1. The Morgan fingerprint density at radius 1 is 1.25 bits per heavy atom. The number of hydrogen-bond acceptors (Lipinski definition) is 7. The maximum absolute atomic E-state index is 12.3.